The molecular weight excluding hydrogens is 714 g/mol. The SMILES string of the molecule is CCc1c2[nH]c(c1C)C=C1NC(=C(CC(=O)OC)c3[nH]c(c(C)c3C(=O)NCCC(=O)CCC(=O)CCO)C=c3[nH]c(c(C)c3CC)=C2)C(CCC(=O)O)C1C. The maximum absolute atomic E-state index is 14.3. The van der Waals surface area contributed by atoms with E-state index >= 15 is 0 Å². The van der Waals surface area contributed by atoms with Crippen molar-refractivity contribution < 1.29 is 38.9 Å². The Labute approximate surface area is 326 Å². The van der Waals surface area contributed by atoms with Crippen LogP contribution in [0.2, 0.25) is 0 Å². The highest BCUT2D eigenvalue weighted by molar-refractivity contribution is 6.03. The zero-order valence-electron chi connectivity index (χ0n) is 33.5. The van der Waals surface area contributed by atoms with Crippen LogP contribution < -0.4 is 21.3 Å². The Bertz CT molecular complexity index is 2230. The second-order valence-electron chi connectivity index (χ2n) is 14.8. The first kappa shape index (κ1) is 41.7. The highest BCUT2D eigenvalue weighted by Crippen LogP contribution is 2.43. The molecule has 0 aromatic carbocycles. The van der Waals surface area contributed by atoms with Gasteiger partial charge in [-0.3, -0.25) is 24.0 Å². The van der Waals surface area contributed by atoms with Gasteiger partial charge in [-0.2, -0.15) is 0 Å². The molecular formula is C43H55N5O8. The molecule has 0 aliphatic carbocycles. The second-order valence-corrected chi connectivity index (χ2v) is 14.8. The molecule has 2 aliphatic rings. The Morgan fingerprint density at radius 1 is 0.786 bits per heavy atom. The number of carbonyl (C=O) groups is 5. The molecule has 1 fully saturated rings. The molecule has 8 bridgehead atoms. The number of Topliss-reactive ketones (excluding diaryl/α,β-unsaturated/α-hetero) is 2. The van der Waals surface area contributed by atoms with Crippen LogP contribution in [-0.4, -0.2) is 74.8 Å². The number of H-pyrrole nitrogens is 3. The number of aromatic amines is 3. The molecule has 0 saturated carbocycles. The van der Waals surface area contributed by atoms with Crippen LogP contribution >= 0.6 is 0 Å². The number of carboxylic acid groups (broad SMARTS) is 1. The lowest BCUT2D eigenvalue weighted by atomic mass is 9.85. The van der Waals surface area contributed by atoms with Gasteiger partial charge in [-0.25, -0.2) is 0 Å². The molecule has 13 heteroatoms. The van der Waals surface area contributed by atoms with Gasteiger partial charge in [-0.1, -0.05) is 20.8 Å². The second kappa shape index (κ2) is 18.0. The Balaban J connectivity index is 1.75. The van der Waals surface area contributed by atoms with E-state index in [2.05, 4.69) is 65.4 Å². The van der Waals surface area contributed by atoms with E-state index < -0.39 is 17.8 Å². The number of carbonyl (C=O) groups excluding carboxylic acids is 4. The maximum atomic E-state index is 14.3. The molecule has 5 heterocycles. The quantitative estimate of drug-likeness (QED) is 0.104. The van der Waals surface area contributed by atoms with Crippen molar-refractivity contribution in [2.75, 3.05) is 20.3 Å². The molecule has 0 spiro atoms. The summed E-state index contributed by atoms with van der Waals surface area (Å²) in [5.74, 6) is -2.86. The number of hydrogen-bond donors (Lipinski definition) is 7. The Morgan fingerprint density at radius 3 is 2.09 bits per heavy atom. The number of rotatable bonds is 16. The lowest BCUT2D eigenvalue weighted by Crippen LogP contribution is -2.27. The molecule has 0 radical (unpaired) electrons. The number of hydrogen-bond acceptors (Lipinski definition) is 8. The number of esters is 1. The van der Waals surface area contributed by atoms with Gasteiger partial charge in [0.25, 0.3) is 5.91 Å². The van der Waals surface area contributed by atoms with Gasteiger partial charge in [0.05, 0.1) is 24.8 Å². The van der Waals surface area contributed by atoms with Gasteiger partial charge >= 0.3 is 11.9 Å². The van der Waals surface area contributed by atoms with E-state index in [1.807, 2.05) is 19.9 Å². The van der Waals surface area contributed by atoms with Crippen LogP contribution in [0.1, 0.15) is 127 Å². The average molecular weight is 770 g/mol. The number of ether oxygens (including phenoxy) is 1. The first-order valence-corrected chi connectivity index (χ1v) is 19.5. The van der Waals surface area contributed by atoms with E-state index in [4.69, 9.17) is 9.84 Å². The van der Waals surface area contributed by atoms with Crippen molar-refractivity contribution in [3.63, 3.8) is 0 Å². The summed E-state index contributed by atoms with van der Waals surface area (Å²) < 4.78 is 5.19. The molecule has 3 aromatic rings. The number of aliphatic hydroxyl groups is 1. The van der Waals surface area contributed by atoms with Gasteiger partial charge in [0.2, 0.25) is 0 Å². The van der Waals surface area contributed by atoms with Crippen LogP contribution in [0, 0.1) is 32.6 Å². The van der Waals surface area contributed by atoms with Crippen LogP contribution in [0.4, 0.5) is 0 Å². The lowest BCUT2D eigenvalue weighted by molar-refractivity contribution is -0.139. The molecule has 2 unspecified atom stereocenters. The van der Waals surface area contributed by atoms with Gasteiger partial charge < -0.3 is 40.5 Å². The number of fused-ring (bicyclic) bond motifs is 8. The minimum Gasteiger partial charge on any atom is -0.481 e. The smallest absolute Gasteiger partial charge is 0.310 e. The molecule has 2 aliphatic heterocycles. The van der Waals surface area contributed by atoms with Crippen molar-refractivity contribution >= 4 is 53.2 Å². The third kappa shape index (κ3) is 8.83. The summed E-state index contributed by atoms with van der Waals surface area (Å²) in [5, 5.41) is 27.1. The Morgan fingerprint density at radius 2 is 1.45 bits per heavy atom. The average Bonchev–Trinajstić information content (AvgIpc) is 3.84. The monoisotopic (exact) mass is 769 g/mol. The minimum absolute atomic E-state index is 0.00194. The van der Waals surface area contributed by atoms with Gasteiger partial charge in [0.15, 0.2) is 0 Å². The molecule has 2 atom stereocenters. The summed E-state index contributed by atoms with van der Waals surface area (Å²) in [4.78, 5) is 74.7. The molecule has 56 heavy (non-hydrogen) atoms. The summed E-state index contributed by atoms with van der Waals surface area (Å²) in [6.45, 7) is 12.0. The number of nitrogens with one attached hydrogen (secondary N) is 5. The zero-order chi connectivity index (χ0) is 40.8. The molecule has 1 saturated heterocycles. The van der Waals surface area contributed by atoms with Gasteiger partial charge in [0.1, 0.15) is 11.6 Å². The first-order chi connectivity index (χ1) is 26.7. The van der Waals surface area contributed by atoms with E-state index in [1.54, 1.807) is 0 Å². The topological polar surface area (TPSA) is 206 Å². The fourth-order valence-corrected chi connectivity index (χ4v) is 8.08. The van der Waals surface area contributed by atoms with E-state index in [0.717, 1.165) is 57.3 Å². The van der Waals surface area contributed by atoms with Crippen molar-refractivity contribution in [1.29, 1.82) is 0 Å². The largest absolute Gasteiger partial charge is 0.481 e. The van der Waals surface area contributed by atoms with Crippen molar-refractivity contribution in [1.82, 2.24) is 25.6 Å². The summed E-state index contributed by atoms with van der Waals surface area (Å²) in [5.41, 5.74) is 10.3. The molecule has 5 rings (SSSR count). The fraction of sp³-hybridized carbons (Fsp3) is 0.465. The number of methoxy groups -OCH3 is 1. The van der Waals surface area contributed by atoms with Crippen LogP contribution in [0.3, 0.4) is 0 Å². The number of amides is 1. The van der Waals surface area contributed by atoms with Crippen LogP contribution in [0.15, 0.2) is 11.4 Å². The number of aromatic nitrogens is 3. The molecule has 7 N–H and O–H groups in total. The number of allylic oxidation sites excluding steroid dienone is 2. The summed E-state index contributed by atoms with van der Waals surface area (Å²) in [7, 11) is 1.30. The normalized spacial score (nSPS) is 16.1. The van der Waals surface area contributed by atoms with E-state index in [1.165, 1.54) is 12.7 Å². The predicted molar refractivity (Wildman–Crippen MR) is 214 cm³/mol. The summed E-state index contributed by atoms with van der Waals surface area (Å²) >= 11 is 0. The number of aliphatic hydroxyl groups excluding tert-OH is 1. The fourth-order valence-electron chi connectivity index (χ4n) is 8.08. The highest BCUT2D eigenvalue weighted by Gasteiger charge is 2.37. The third-order valence-corrected chi connectivity index (χ3v) is 11.4. The van der Waals surface area contributed by atoms with Crippen LogP contribution in [0.25, 0.3) is 23.8 Å². The lowest BCUT2D eigenvalue weighted by Gasteiger charge is -2.19. The van der Waals surface area contributed by atoms with Crippen molar-refractivity contribution in [3.05, 3.63) is 78.2 Å². The highest BCUT2D eigenvalue weighted by atomic mass is 16.5. The van der Waals surface area contributed by atoms with Crippen molar-refractivity contribution in [2.45, 2.75) is 99.3 Å². The van der Waals surface area contributed by atoms with Gasteiger partial charge in [0, 0.05) is 102 Å². The zero-order valence-corrected chi connectivity index (χ0v) is 33.5. The Kier molecular flexibility index (Phi) is 13.4. The van der Waals surface area contributed by atoms with E-state index in [-0.39, 0.29) is 87.1 Å². The molecule has 1 amide bonds. The summed E-state index contributed by atoms with van der Waals surface area (Å²) in [6.07, 6.45) is 7.74. The third-order valence-electron chi connectivity index (χ3n) is 11.4. The Hall–Kier alpha value is -5.43. The van der Waals surface area contributed by atoms with Crippen LogP contribution in [0.5, 0.6) is 0 Å². The number of aliphatic carboxylic acids is 1. The molecule has 13 nitrogen and oxygen atoms in total. The molecule has 3 aromatic heterocycles. The van der Waals surface area contributed by atoms with Crippen LogP contribution in [-0.2, 0) is 36.8 Å². The molecule has 300 valence electrons. The van der Waals surface area contributed by atoms with E-state index in [9.17, 15) is 29.1 Å². The van der Waals surface area contributed by atoms with E-state index in [0.29, 0.717) is 28.2 Å². The number of carboxylic acids is 1. The maximum Gasteiger partial charge on any atom is 0.310 e. The van der Waals surface area contributed by atoms with Gasteiger partial charge in [-0.15, -0.1) is 0 Å². The number of ketones is 2. The van der Waals surface area contributed by atoms with Crippen molar-refractivity contribution in [3.8, 4) is 0 Å². The standard InChI is InChI=1S/C43H55N5O8/c1-8-28-22(3)32-19-34-24(5)30(12-13-38(52)53)41(47-34)31(18-39(54)56-7)42-40(43(55)44-16-14-26(50)10-11-27(51)15-17-49)25(6)35(48-42)21-37-29(9-2)23(4)33(46-37)20-36(28)45-32/h19-21,24,30,45-49H,8-18H2,1-7H3,(H,44,55)(H,52,53). The predicted octanol–water partition coefficient (Wildman–Crippen LogP) is 4.15. The van der Waals surface area contributed by atoms with Crippen molar-refractivity contribution in [2.24, 2.45) is 11.8 Å². The first-order valence-electron chi connectivity index (χ1n) is 19.5. The van der Waals surface area contributed by atoms with Gasteiger partial charge in [-0.05, 0) is 86.1 Å². The summed E-state index contributed by atoms with van der Waals surface area (Å²) in [6, 6.07) is 0. The minimum atomic E-state index is -0.943.